The smallest absolute Gasteiger partial charge is 0.149 e. The van der Waals surface area contributed by atoms with Crippen LogP contribution >= 0.6 is 0 Å². The Morgan fingerprint density at radius 1 is 1.33 bits per heavy atom. The molecule has 0 aliphatic carbocycles. The average Bonchev–Trinajstić information content (AvgIpc) is 2.18. The molecule has 0 fully saturated rings. The molecule has 0 bridgehead atoms. The van der Waals surface area contributed by atoms with Gasteiger partial charge in [0, 0.05) is 0 Å². The molecule has 0 aliphatic rings. The lowest BCUT2D eigenvalue weighted by Crippen LogP contribution is -2.12. The molecule has 84 valence electrons. The molecule has 4 heteroatoms. The van der Waals surface area contributed by atoms with Crippen molar-refractivity contribution in [3.8, 4) is 5.75 Å². The Bertz CT molecular complexity index is 315. The van der Waals surface area contributed by atoms with Gasteiger partial charge in [0.1, 0.15) is 23.9 Å². The van der Waals surface area contributed by atoms with Crippen LogP contribution in [0.2, 0.25) is 0 Å². The molecule has 1 rings (SSSR count). The number of rotatable bonds is 5. The summed E-state index contributed by atoms with van der Waals surface area (Å²) >= 11 is 0. The Morgan fingerprint density at radius 2 is 2.07 bits per heavy atom. The highest BCUT2D eigenvalue weighted by molar-refractivity contribution is 5.53. The summed E-state index contributed by atoms with van der Waals surface area (Å²) in [7, 11) is 0. The van der Waals surface area contributed by atoms with Gasteiger partial charge in [-0.3, -0.25) is 0 Å². The number of anilines is 1. The standard InChI is InChI=1S/C11H16FNO2/c1-8(2)14-6-7-15-10-5-3-4-9(12)11(10)13/h3-5,8H,6-7,13H2,1-2H3. The fourth-order valence-electron chi connectivity index (χ4n) is 1.08. The summed E-state index contributed by atoms with van der Waals surface area (Å²) in [5.41, 5.74) is 5.53. The molecule has 0 saturated carbocycles. The fraction of sp³-hybridized carbons (Fsp3) is 0.455. The second-order valence-electron chi connectivity index (χ2n) is 3.42. The number of benzene rings is 1. The van der Waals surface area contributed by atoms with E-state index in [1.165, 1.54) is 6.07 Å². The zero-order chi connectivity index (χ0) is 11.3. The van der Waals surface area contributed by atoms with Crippen molar-refractivity contribution in [1.82, 2.24) is 0 Å². The van der Waals surface area contributed by atoms with E-state index in [4.69, 9.17) is 15.2 Å². The molecular formula is C11H16FNO2. The molecule has 0 aromatic heterocycles. The monoisotopic (exact) mass is 213 g/mol. The summed E-state index contributed by atoms with van der Waals surface area (Å²) in [6.45, 7) is 4.71. The van der Waals surface area contributed by atoms with Crippen LogP contribution in [0.25, 0.3) is 0 Å². The van der Waals surface area contributed by atoms with E-state index in [0.29, 0.717) is 19.0 Å². The van der Waals surface area contributed by atoms with Crippen molar-refractivity contribution in [2.24, 2.45) is 0 Å². The first-order chi connectivity index (χ1) is 7.11. The quantitative estimate of drug-likeness (QED) is 0.602. The van der Waals surface area contributed by atoms with Crippen LogP contribution in [0.15, 0.2) is 18.2 Å². The third-order valence-electron chi connectivity index (χ3n) is 1.80. The molecule has 0 amide bonds. The molecule has 15 heavy (non-hydrogen) atoms. The predicted molar refractivity (Wildman–Crippen MR) is 57.4 cm³/mol. The van der Waals surface area contributed by atoms with E-state index >= 15 is 0 Å². The van der Waals surface area contributed by atoms with Gasteiger partial charge in [-0.15, -0.1) is 0 Å². The summed E-state index contributed by atoms with van der Waals surface area (Å²) in [5.74, 6) is -0.0976. The van der Waals surface area contributed by atoms with Crippen LogP contribution in [0.3, 0.4) is 0 Å². The molecular weight excluding hydrogens is 197 g/mol. The Morgan fingerprint density at radius 3 is 2.73 bits per heavy atom. The number of nitrogens with two attached hydrogens (primary N) is 1. The molecule has 0 saturated heterocycles. The van der Waals surface area contributed by atoms with Crippen LogP contribution in [0.1, 0.15) is 13.8 Å². The van der Waals surface area contributed by atoms with E-state index in [1.54, 1.807) is 12.1 Å². The molecule has 0 heterocycles. The first kappa shape index (κ1) is 11.8. The summed E-state index contributed by atoms with van der Waals surface area (Å²) in [6, 6.07) is 4.49. The fourth-order valence-corrected chi connectivity index (χ4v) is 1.08. The van der Waals surface area contributed by atoms with Crippen molar-refractivity contribution in [3.05, 3.63) is 24.0 Å². The Hall–Kier alpha value is -1.29. The molecule has 1 aromatic carbocycles. The van der Waals surface area contributed by atoms with E-state index in [2.05, 4.69) is 0 Å². The lowest BCUT2D eigenvalue weighted by molar-refractivity contribution is 0.0554. The van der Waals surface area contributed by atoms with Gasteiger partial charge < -0.3 is 15.2 Å². The maximum Gasteiger partial charge on any atom is 0.149 e. The number of halogens is 1. The Balaban J connectivity index is 2.41. The van der Waals surface area contributed by atoms with Crippen molar-refractivity contribution in [2.75, 3.05) is 18.9 Å². The zero-order valence-electron chi connectivity index (χ0n) is 9.00. The molecule has 0 atom stereocenters. The van der Waals surface area contributed by atoms with Crippen LogP contribution in [0, 0.1) is 5.82 Å². The number of hydrogen-bond acceptors (Lipinski definition) is 3. The molecule has 3 nitrogen and oxygen atoms in total. The largest absolute Gasteiger partial charge is 0.489 e. The highest BCUT2D eigenvalue weighted by atomic mass is 19.1. The molecule has 0 aliphatic heterocycles. The van der Waals surface area contributed by atoms with E-state index in [-0.39, 0.29) is 11.8 Å². The van der Waals surface area contributed by atoms with E-state index in [9.17, 15) is 4.39 Å². The van der Waals surface area contributed by atoms with Gasteiger partial charge in [0.25, 0.3) is 0 Å². The van der Waals surface area contributed by atoms with Crippen molar-refractivity contribution < 1.29 is 13.9 Å². The summed E-state index contributed by atoms with van der Waals surface area (Å²) in [4.78, 5) is 0. The van der Waals surface area contributed by atoms with Crippen molar-refractivity contribution in [1.29, 1.82) is 0 Å². The van der Waals surface area contributed by atoms with Crippen LogP contribution in [-0.2, 0) is 4.74 Å². The molecule has 0 unspecified atom stereocenters. The van der Waals surface area contributed by atoms with E-state index in [1.807, 2.05) is 13.8 Å². The highest BCUT2D eigenvalue weighted by Gasteiger charge is 2.04. The van der Waals surface area contributed by atoms with E-state index in [0.717, 1.165) is 0 Å². The van der Waals surface area contributed by atoms with Gasteiger partial charge >= 0.3 is 0 Å². The van der Waals surface area contributed by atoms with Gasteiger partial charge in [0.2, 0.25) is 0 Å². The first-order valence-corrected chi connectivity index (χ1v) is 4.89. The normalized spacial score (nSPS) is 10.7. The zero-order valence-corrected chi connectivity index (χ0v) is 9.00. The Labute approximate surface area is 89.0 Å². The van der Waals surface area contributed by atoms with Crippen LogP contribution in [0.4, 0.5) is 10.1 Å². The average molecular weight is 213 g/mol. The van der Waals surface area contributed by atoms with Crippen LogP contribution in [0.5, 0.6) is 5.75 Å². The SMILES string of the molecule is CC(C)OCCOc1cccc(F)c1N. The summed E-state index contributed by atoms with van der Waals surface area (Å²) in [6.07, 6.45) is 0.165. The molecule has 2 N–H and O–H groups in total. The van der Waals surface area contributed by atoms with Gasteiger partial charge in [-0.25, -0.2) is 4.39 Å². The molecule has 0 spiro atoms. The van der Waals surface area contributed by atoms with E-state index < -0.39 is 5.82 Å². The van der Waals surface area contributed by atoms with Gasteiger partial charge in [-0.1, -0.05) is 6.07 Å². The van der Waals surface area contributed by atoms with Crippen molar-refractivity contribution >= 4 is 5.69 Å². The van der Waals surface area contributed by atoms with Crippen LogP contribution in [-0.4, -0.2) is 19.3 Å². The maximum atomic E-state index is 13.0. The number of nitrogen functional groups attached to an aromatic ring is 1. The predicted octanol–water partition coefficient (Wildman–Crippen LogP) is 2.21. The third-order valence-corrected chi connectivity index (χ3v) is 1.80. The third kappa shape index (κ3) is 3.75. The Kier molecular flexibility index (Phi) is 4.37. The minimum atomic E-state index is -0.461. The van der Waals surface area contributed by atoms with Gasteiger partial charge in [0.05, 0.1) is 12.7 Å². The summed E-state index contributed by atoms with van der Waals surface area (Å²) in [5, 5.41) is 0. The number of para-hydroxylation sites is 1. The minimum absolute atomic E-state index is 0.0436. The molecule has 0 radical (unpaired) electrons. The lowest BCUT2D eigenvalue weighted by atomic mass is 10.3. The van der Waals surface area contributed by atoms with Gasteiger partial charge in [0.15, 0.2) is 0 Å². The first-order valence-electron chi connectivity index (χ1n) is 4.89. The van der Waals surface area contributed by atoms with Crippen molar-refractivity contribution in [2.45, 2.75) is 20.0 Å². The van der Waals surface area contributed by atoms with Crippen molar-refractivity contribution in [3.63, 3.8) is 0 Å². The number of hydrogen-bond donors (Lipinski definition) is 1. The van der Waals surface area contributed by atoms with Crippen LogP contribution < -0.4 is 10.5 Å². The minimum Gasteiger partial charge on any atom is -0.489 e. The summed E-state index contributed by atoms with van der Waals surface area (Å²) < 4.78 is 23.5. The molecule has 1 aromatic rings. The topological polar surface area (TPSA) is 44.5 Å². The number of ether oxygens (including phenoxy) is 2. The second-order valence-corrected chi connectivity index (χ2v) is 3.42. The van der Waals surface area contributed by atoms with Gasteiger partial charge in [-0.2, -0.15) is 0 Å². The lowest BCUT2D eigenvalue weighted by Gasteiger charge is -2.10. The second kappa shape index (κ2) is 5.56. The highest BCUT2D eigenvalue weighted by Crippen LogP contribution is 2.23. The van der Waals surface area contributed by atoms with Gasteiger partial charge in [-0.05, 0) is 26.0 Å². The maximum absolute atomic E-state index is 13.0.